The van der Waals surface area contributed by atoms with Crippen LogP contribution < -0.4 is 16.0 Å². The van der Waals surface area contributed by atoms with E-state index in [0.717, 1.165) is 83.8 Å². The minimum atomic E-state index is -5.01. The van der Waals surface area contributed by atoms with Gasteiger partial charge in [-0.3, -0.25) is 4.79 Å². The molecule has 224 valence electrons. The Morgan fingerprint density at radius 3 is 1.95 bits per heavy atom. The predicted molar refractivity (Wildman–Crippen MR) is 138 cm³/mol. The van der Waals surface area contributed by atoms with Crippen molar-refractivity contribution in [2.24, 2.45) is 5.92 Å². The number of carbonyl (C=O) groups is 2. The Kier molecular flexibility index (Phi) is 9.57. The van der Waals surface area contributed by atoms with Crippen molar-refractivity contribution in [3.63, 3.8) is 0 Å². The maximum Gasteiger partial charge on any atom is 0.416 e. The van der Waals surface area contributed by atoms with E-state index in [1.54, 1.807) is 0 Å². The van der Waals surface area contributed by atoms with Crippen molar-refractivity contribution in [3.05, 3.63) is 34.9 Å². The molecule has 3 N–H and O–H groups in total. The standard InChI is InChI=1S/C28H38F6N4O2/c29-27(30,31)21-14-20(15-22(16-21)28(32,33)34)24(39)35-17-19-8-12-38(13-9-19)18-26(10-4-5-11-26)37-25(40)36-23-6-2-1-3-7-23/h14-16,19,23H,1-13,17-18H2,(H,35,39)(H2,36,37,40). The maximum atomic E-state index is 13.1. The Bertz CT molecular complexity index is 992. The number of likely N-dealkylation sites (tertiary alicyclic amines) is 1. The van der Waals surface area contributed by atoms with Gasteiger partial charge in [0.15, 0.2) is 0 Å². The van der Waals surface area contributed by atoms with E-state index in [1.807, 2.05) is 0 Å². The number of hydrogen-bond donors (Lipinski definition) is 3. The summed E-state index contributed by atoms with van der Waals surface area (Å²) in [5, 5.41) is 8.95. The molecule has 1 aromatic rings. The van der Waals surface area contributed by atoms with Gasteiger partial charge in [0.1, 0.15) is 0 Å². The second kappa shape index (κ2) is 12.6. The molecule has 1 aliphatic heterocycles. The maximum absolute atomic E-state index is 13.1. The van der Waals surface area contributed by atoms with Crippen LogP contribution in [0.5, 0.6) is 0 Å². The third kappa shape index (κ3) is 8.27. The van der Waals surface area contributed by atoms with Gasteiger partial charge < -0.3 is 20.9 Å². The lowest BCUT2D eigenvalue weighted by Crippen LogP contribution is -2.58. The average Bonchev–Trinajstić information content (AvgIpc) is 3.35. The van der Waals surface area contributed by atoms with E-state index < -0.39 is 35.0 Å². The molecule has 2 saturated carbocycles. The Morgan fingerprint density at radius 1 is 0.825 bits per heavy atom. The zero-order valence-corrected chi connectivity index (χ0v) is 22.5. The van der Waals surface area contributed by atoms with Crippen LogP contribution in [0.4, 0.5) is 31.1 Å². The molecule has 6 nitrogen and oxygen atoms in total. The van der Waals surface area contributed by atoms with Crippen LogP contribution in [0.25, 0.3) is 0 Å². The number of nitrogens with one attached hydrogen (secondary N) is 3. The zero-order valence-electron chi connectivity index (χ0n) is 22.5. The SMILES string of the molecule is O=C(NC1CCCCC1)NC1(CN2CCC(CNC(=O)c3cc(C(F)(F)F)cc(C(F)(F)F)c3)CC2)CCCC1. The van der Waals surface area contributed by atoms with E-state index in [2.05, 4.69) is 20.9 Å². The molecule has 3 fully saturated rings. The number of halogens is 6. The smallest absolute Gasteiger partial charge is 0.352 e. The number of hydrogen-bond acceptors (Lipinski definition) is 3. The molecule has 2 aliphatic carbocycles. The molecule has 3 amide bonds. The number of urea groups is 1. The van der Waals surface area contributed by atoms with Gasteiger partial charge in [-0.15, -0.1) is 0 Å². The summed E-state index contributed by atoms with van der Waals surface area (Å²) >= 11 is 0. The van der Waals surface area contributed by atoms with Gasteiger partial charge in [-0.1, -0.05) is 32.1 Å². The highest BCUT2D eigenvalue weighted by atomic mass is 19.4. The Labute approximate surface area is 230 Å². The molecule has 0 unspecified atom stereocenters. The van der Waals surface area contributed by atoms with Crippen LogP contribution in [-0.4, -0.2) is 54.6 Å². The number of piperidine rings is 1. The number of alkyl halides is 6. The van der Waals surface area contributed by atoms with E-state index in [4.69, 9.17) is 0 Å². The van der Waals surface area contributed by atoms with Crippen molar-refractivity contribution in [1.82, 2.24) is 20.9 Å². The second-order valence-electron chi connectivity index (χ2n) is 11.6. The van der Waals surface area contributed by atoms with E-state index >= 15 is 0 Å². The molecule has 1 saturated heterocycles. The molecular weight excluding hydrogens is 538 g/mol. The first-order valence-corrected chi connectivity index (χ1v) is 14.2. The number of nitrogens with zero attached hydrogens (tertiary/aromatic N) is 1. The van der Waals surface area contributed by atoms with Crippen molar-refractivity contribution < 1.29 is 35.9 Å². The van der Waals surface area contributed by atoms with E-state index in [1.165, 1.54) is 6.42 Å². The first-order chi connectivity index (χ1) is 18.8. The van der Waals surface area contributed by atoms with Gasteiger partial charge >= 0.3 is 18.4 Å². The fourth-order valence-corrected chi connectivity index (χ4v) is 6.29. The van der Waals surface area contributed by atoms with Crippen molar-refractivity contribution in [3.8, 4) is 0 Å². The first kappa shape index (κ1) is 30.5. The molecule has 1 aromatic carbocycles. The quantitative estimate of drug-likeness (QED) is 0.343. The number of rotatable bonds is 7. The van der Waals surface area contributed by atoms with Gasteiger partial charge in [-0.2, -0.15) is 26.3 Å². The van der Waals surface area contributed by atoms with Gasteiger partial charge in [0, 0.05) is 24.7 Å². The molecule has 40 heavy (non-hydrogen) atoms. The highest BCUT2D eigenvalue weighted by Gasteiger charge is 2.39. The van der Waals surface area contributed by atoms with Gasteiger partial charge in [-0.05, 0) is 75.7 Å². The third-order valence-corrected chi connectivity index (χ3v) is 8.51. The molecular formula is C28H38F6N4O2. The molecule has 4 rings (SSSR count). The van der Waals surface area contributed by atoms with Crippen molar-refractivity contribution in [2.75, 3.05) is 26.2 Å². The van der Waals surface area contributed by atoms with Gasteiger partial charge in [-0.25, -0.2) is 4.79 Å². The van der Waals surface area contributed by atoms with Crippen LogP contribution >= 0.6 is 0 Å². The molecule has 1 heterocycles. The molecule has 0 bridgehead atoms. The first-order valence-electron chi connectivity index (χ1n) is 14.2. The normalized spacial score (nSPS) is 21.2. The Morgan fingerprint density at radius 2 is 1.40 bits per heavy atom. The van der Waals surface area contributed by atoms with Crippen molar-refractivity contribution in [1.29, 1.82) is 0 Å². The fraction of sp³-hybridized carbons (Fsp3) is 0.714. The third-order valence-electron chi connectivity index (χ3n) is 8.51. The predicted octanol–water partition coefficient (Wildman–Crippen LogP) is 6.11. The van der Waals surface area contributed by atoms with Crippen molar-refractivity contribution in [2.45, 2.75) is 94.6 Å². The molecule has 0 spiro atoms. The summed E-state index contributed by atoms with van der Waals surface area (Å²) in [4.78, 5) is 27.6. The molecule has 12 heteroatoms. The van der Waals surface area contributed by atoms with Crippen LogP contribution in [0.15, 0.2) is 18.2 Å². The summed E-state index contributed by atoms with van der Waals surface area (Å²) in [6.07, 6.45) is 0.890. The van der Waals surface area contributed by atoms with E-state index in [9.17, 15) is 35.9 Å². The summed E-state index contributed by atoms with van der Waals surface area (Å²) in [7, 11) is 0. The lowest BCUT2D eigenvalue weighted by Gasteiger charge is -2.40. The van der Waals surface area contributed by atoms with Crippen molar-refractivity contribution >= 4 is 11.9 Å². The van der Waals surface area contributed by atoms with Crippen LogP contribution in [0, 0.1) is 5.92 Å². The van der Waals surface area contributed by atoms with Crippen LogP contribution in [0.2, 0.25) is 0 Å². The Hall–Kier alpha value is -2.50. The summed E-state index contributed by atoms with van der Waals surface area (Å²) in [6.45, 7) is 2.36. The minimum Gasteiger partial charge on any atom is -0.352 e. The van der Waals surface area contributed by atoms with Gasteiger partial charge in [0.05, 0.1) is 16.7 Å². The highest BCUT2D eigenvalue weighted by Crippen LogP contribution is 2.36. The number of benzene rings is 1. The Balaban J connectivity index is 1.27. The van der Waals surface area contributed by atoms with E-state index in [0.29, 0.717) is 12.1 Å². The van der Waals surface area contributed by atoms with E-state index in [-0.39, 0.29) is 36.1 Å². The summed E-state index contributed by atoms with van der Waals surface area (Å²) in [5.41, 5.74) is -3.97. The highest BCUT2D eigenvalue weighted by molar-refractivity contribution is 5.94. The van der Waals surface area contributed by atoms with Gasteiger partial charge in [0.2, 0.25) is 0 Å². The minimum absolute atomic E-state index is 0.0120. The second-order valence-corrected chi connectivity index (χ2v) is 11.6. The number of carbonyl (C=O) groups excluding carboxylic acids is 2. The molecule has 0 radical (unpaired) electrons. The molecule has 0 aromatic heterocycles. The lowest BCUT2D eigenvalue weighted by atomic mass is 9.92. The lowest BCUT2D eigenvalue weighted by molar-refractivity contribution is -0.143. The zero-order chi connectivity index (χ0) is 29.0. The van der Waals surface area contributed by atoms with Crippen LogP contribution in [0.3, 0.4) is 0 Å². The summed E-state index contributed by atoms with van der Waals surface area (Å²) in [5.74, 6) is -0.910. The monoisotopic (exact) mass is 576 g/mol. The molecule has 0 atom stereocenters. The topological polar surface area (TPSA) is 73.5 Å². The number of amides is 3. The molecule has 3 aliphatic rings. The summed E-state index contributed by atoms with van der Waals surface area (Å²) in [6, 6.07) is 1.04. The average molecular weight is 577 g/mol. The fourth-order valence-electron chi connectivity index (χ4n) is 6.29. The summed E-state index contributed by atoms with van der Waals surface area (Å²) < 4.78 is 78.8. The van der Waals surface area contributed by atoms with Gasteiger partial charge in [0.25, 0.3) is 5.91 Å². The van der Waals surface area contributed by atoms with Crippen LogP contribution in [-0.2, 0) is 12.4 Å². The largest absolute Gasteiger partial charge is 0.416 e. The van der Waals surface area contributed by atoms with Crippen LogP contribution in [0.1, 0.15) is 92.1 Å².